The highest BCUT2D eigenvalue weighted by Gasteiger charge is 2.24. The molecule has 1 unspecified atom stereocenters. The molecule has 0 bridgehead atoms. The second kappa shape index (κ2) is 7.21. The molecule has 1 rings (SSSR count). The predicted molar refractivity (Wildman–Crippen MR) is 79.1 cm³/mol. The predicted octanol–water partition coefficient (Wildman–Crippen LogP) is 1.80. The van der Waals surface area contributed by atoms with Crippen molar-refractivity contribution in [1.82, 2.24) is 5.32 Å². The molecule has 0 aromatic heterocycles. The standard InChI is InChI=1S/C14H16BrNO4/c1-14(20,8-13(18)19)9-16-12(17)7-4-10-2-5-11(15)6-3-10/h2-7,20H,8-9H2,1H3,(H,16,17)(H,18,19). The largest absolute Gasteiger partial charge is 0.481 e. The summed E-state index contributed by atoms with van der Waals surface area (Å²) in [6, 6.07) is 7.40. The Kier molecular flexibility index (Phi) is 5.91. The van der Waals surface area contributed by atoms with Crippen LogP contribution in [0.15, 0.2) is 34.8 Å². The number of hydrogen-bond acceptors (Lipinski definition) is 3. The molecule has 3 N–H and O–H groups in total. The van der Waals surface area contributed by atoms with Crippen LogP contribution in [0.25, 0.3) is 6.08 Å². The van der Waals surface area contributed by atoms with Crippen molar-refractivity contribution in [3.63, 3.8) is 0 Å². The van der Waals surface area contributed by atoms with Gasteiger partial charge in [0.25, 0.3) is 0 Å². The second-order valence-corrected chi connectivity index (χ2v) is 5.59. The maximum atomic E-state index is 11.6. The van der Waals surface area contributed by atoms with Crippen LogP contribution in [0.2, 0.25) is 0 Å². The topological polar surface area (TPSA) is 86.6 Å². The van der Waals surface area contributed by atoms with Gasteiger partial charge >= 0.3 is 5.97 Å². The van der Waals surface area contributed by atoms with Gasteiger partial charge in [-0.3, -0.25) is 9.59 Å². The normalized spacial score (nSPS) is 13.9. The Balaban J connectivity index is 2.47. The third-order valence-corrected chi connectivity index (χ3v) is 3.00. The highest BCUT2D eigenvalue weighted by Crippen LogP contribution is 2.11. The van der Waals surface area contributed by atoms with E-state index in [1.165, 1.54) is 13.0 Å². The summed E-state index contributed by atoms with van der Waals surface area (Å²) in [5, 5.41) is 20.8. The molecule has 1 amide bonds. The van der Waals surface area contributed by atoms with Crippen molar-refractivity contribution in [1.29, 1.82) is 0 Å². The van der Waals surface area contributed by atoms with Gasteiger partial charge in [-0.25, -0.2) is 0 Å². The van der Waals surface area contributed by atoms with E-state index in [1.54, 1.807) is 6.08 Å². The number of aliphatic carboxylic acids is 1. The van der Waals surface area contributed by atoms with Crippen LogP contribution in [-0.2, 0) is 9.59 Å². The second-order valence-electron chi connectivity index (χ2n) is 4.67. The molecule has 20 heavy (non-hydrogen) atoms. The van der Waals surface area contributed by atoms with Crippen LogP contribution in [0.3, 0.4) is 0 Å². The summed E-state index contributed by atoms with van der Waals surface area (Å²) in [6.07, 6.45) is 2.54. The number of aliphatic hydroxyl groups is 1. The molecule has 1 aromatic rings. The van der Waals surface area contributed by atoms with Gasteiger partial charge in [0.15, 0.2) is 0 Å². The van der Waals surface area contributed by atoms with Crippen LogP contribution in [0.1, 0.15) is 18.9 Å². The van der Waals surface area contributed by atoms with Crippen molar-refractivity contribution in [2.45, 2.75) is 18.9 Å². The Hall–Kier alpha value is -1.66. The molecule has 0 fully saturated rings. The van der Waals surface area contributed by atoms with Crippen molar-refractivity contribution in [3.05, 3.63) is 40.4 Å². The quantitative estimate of drug-likeness (QED) is 0.688. The Bertz CT molecular complexity index is 508. The van der Waals surface area contributed by atoms with Crippen LogP contribution in [-0.4, -0.2) is 34.2 Å². The molecule has 6 heteroatoms. The number of carboxylic acid groups (broad SMARTS) is 1. The lowest BCUT2D eigenvalue weighted by Gasteiger charge is -2.20. The van der Waals surface area contributed by atoms with E-state index in [4.69, 9.17) is 5.11 Å². The summed E-state index contributed by atoms with van der Waals surface area (Å²) < 4.78 is 0.948. The first kappa shape index (κ1) is 16.4. The van der Waals surface area contributed by atoms with Gasteiger partial charge in [-0.1, -0.05) is 28.1 Å². The first-order valence-corrected chi connectivity index (χ1v) is 6.73. The van der Waals surface area contributed by atoms with E-state index in [2.05, 4.69) is 21.2 Å². The number of halogens is 1. The first-order chi connectivity index (χ1) is 9.28. The molecule has 0 saturated carbocycles. The Morgan fingerprint density at radius 1 is 1.35 bits per heavy atom. The number of nitrogens with one attached hydrogen (secondary N) is 1. The fourth-order valence-corrected chi connectivity index (χ4v) is 1.73. The third-order valence-electron chi connectivity index (χ3n) is 2.47. The molecule has 0 spiro atoms. The lowest BCUT2D eigenvalue weighted by molar-refractivity contribution is -0.142. The maximum Gasteiger partial charge on any atom is 0.306 e. The fourth-order valence-electron chi connectivity index (χ4n) is 1.47. The average Bonchev–Trinajstić information content (AvgIpc) is 2.34. The van der Waals surface area contributed by atoms with E-state index in [-0.39, 0.29) is 6.54 Å². The van der Waals surface area contributed by atoms with Gasteiger partial charge in [-0.05, 0) is 30.7 Å². The highest BCUT2D eigenvalue weighted by atomic mass is 79.9. The van der Waals surface area contributed by atoms with Crippen LogP contribution < -0.4 is 5.32 Å². The summed E-state index contributed by atoms with van der Waals surface area (Å²) in [6.45, 7) is 1.24. The van der Waals surface area contributed by atoms with Crippen molar-refractivity contribution in [2.75, 3.05) is 6.54 Å². The van der Waals surface area contributed by atoms with Gasteiger partial charge in [0.1, 0.15) is 0 Å². The highest BCUT2D eigenvalue weighted by molar-refractivity contribution is 9.10. The number of carbonyl (C=O) groups is 2. The molecule has 108 valence electrons. The van der Waals surface area contributed by atoms with E-state index in [1.807, 2.05) is 24.3 Å². The molecule has 1 atom stereocenters. The van der Waals surface area contributed by atoms with Crippen molar-refractivity contribution in [2.24, 2.45) is 0 Å². The molecule has 1 aromatic carbocycles. The summed E-state index contributed by atoms with van der Waals surface area (Å²) in [4.78, 5) is 22.1. The first-order valence-electron chi connectivity index (χ1n) is 5.94. The zero-order valence-electron chi connectivity index (χ0n) is 11.0. The van der Waals surface area contributed by atoms with Crippen molar-refractivity contribution < 1.29 is 19.8 Å². The Morgan fingerprint density at radius 3 is 2.50 bits per heavy atom. The number of carboxylic acids is 1. The molecular weight excluding hydrogens is 326 g/mol. The van der Waals surface area contributed by atoms with Gasteiger partial charge in [0.05, 0.1) is 12.0 Å². The summed E-state index contributed by atoms with van der Waals surface area (Å²) in [5.74, 6) is -1.51. The van der Waals surface area contributed by atoms with Gasteiger partial charge in [-0.15, -0.1) is 0 Å². The number of amides is 1. The average molecular weight is 342 g/mol. The van der Waals surface area contributed by atoms with Crippen LogP contribution in [0.5, 0.6) is 0 Å². The Labute approximate surface area is 125 Å². The molecule has 5 nitrogen and oxygen atoms in total. The summed E-state index contributed by atoms with van der Waals surface area (Å²) in [5.41, 5.74) is -0.604. The van der Waals surface area contributed by atoms with Gasteiger partial charge in [-0.2, -0.15) is 0 Å². The minimum absolute atomic E-state index is 0.122. The SMILES string of the molecule is CC(O)(CNC(=O)C=Cc1ccc(Br)cc1)CC(=O)O. The van der Waals surface area contributed by atoms with E-state index >= 15 is 0 Å². The molecule has 0 radical (unpaired) electrons. The summed E-state index contributed by atoms with van der Waals surface area (Å²) >= 11 is 3.31. The molecule has 0 aliphatic rings. The fraction of sp³-hybridized carbons (Fsp3) is 0.286. The molecule has 0 aliphatic carbocycles. The lowest BCUT2D eigenvalue weighted by Crippen LogP contribution is -2.41. The molecular formula is C14H16BrNO4. The van der Waals surface area contributed by atoms with Gasteiger partial charge < -0.3 is 15.5 Å². The van der Waals surface area contributed by atoms with E-state index < -0.39 is 23.9 Å². The van der Waals surface area contributed by atoms with Gasteiger partial charge in [0, 0.05) is 17.1 Å². The molecule has 0 aliphatic heterocycles. The number of rotatable bonds is 6. The monoisotopic (exact) mass is 341 g/mol. The van der Waals surface area contributed by atoms with Crippen molar-refractivity contribution >= 4 is 33.9 Å². The number of benzene rings is 1. The van der Waals surface area contributed by atoms with Gasteiger partial charge in [0.2, 0.25) is 5.91 Å². The van der Waals surface area contributed by atoms with E-state index in [0.29, 0.717) is 0 Å². The van der Waals surface area contributed by atoms with Crippen LogP contribution in [0, 0.1) is 0 Å². The molecule has 0 heterocycles. The summed E-state index contributed by atoms with van der Waals surface area (Å²) in [7, 11) is 0. The maximum absolute atomic E-state index is 11.6. The zero-order chi connectivity index (χ0) is 15.2. The lowest BCUT2D eigenvalue weighted by atomic mass is 10.0. The van der Waals surface area contributed by atoms with Crippen LogP contribution in [0.4, 0.5) is 0 Å². The Morgan fingerprint density at radius 2 is 1.95 bits per heavy atom. The van der Waals surface area contributed by atoms with E-state index in [9.17, 15) is 14.7 Å². The molecule has 0 saturated heterocycles. The minimum Gasteiger partial charge on any atom is -0.481 e. The zero-order valence-corrected chi connectivity index (χ0v) is 12.6. The number of hydrogen-bond donors (Lipinski definition) is 3. The minimum atomic E-state index is -1.47. The third kappa shape index (κ3) is 6.49. The van der Waals surface area contributed by atoms with Crippen LogP contribution >= 0.6 is 15.9 Å². The van der Waals surface area contributed by atoms with E-state index in [0.717, 1.165) is 10.0 Å². The van der Waals surface area contributed by atoms with Crippen molar-refractivity contribution in [3.8, 4) is 0 Å². The smallest absolute Gasteiger partial charge is 0.306 e. The number of carbonyl (C=O) groups excluding carboxylic acids is 1.